The maximum atomic E-state index is 12.7. The van der Waals surface area contributed by atoms with Gasteiger partial charge in [0, 0.05) is 11.3 Å². The van der Waals surface area contributed by atoms with Crippen molar-refractivity contribution in [3.8, 4) is 11.5 Å². The van der Waals surface area contributed by atoms with Crippen LogP contribution in [-0.4, -0.2) is 33.9 Å². The van der Waals surface area contributed by atoms with E-state index in [1.54, 1.807) is 36.4 Å². The molecule has 34 heavy (non-hydrogen) atoms. The standard InChI is InChI=1S/C24H25N3O6S/c1-16-11-17(2)13-21(12-16)33-15-23(28)25-26-24(29)18-5-4-6-22(14-18)34(30,31)27-19-7-9-20(32-3)10-8-19/h4-14,27H,15H2,1-3H3,(H,25,28)(H,26,29). The van der Waals surface area contributed by atoms with Crippen LogP contribution in [0.3, 0.4) is 0 Å². The van der Waals surface area contributed by atoms with Crippen molar-refractivity contribution in [3.63, 3.8) is 0 Å². The summed E-state index contributed by atoms with van der Waals surface area (Å²) in [7, 11) is -2.43. The molecule has 10 heteroatoms. The molecule has 0 fully saturated rings. The van der Waals surface area contributed by atoms with E-state index in [-0.39, 0.29) is 17.1 Å². The largest absolute Gasteiger partial charge is 0.497 e. The molecule has 3 N–H and O–H groups in total. The van der Waals surface area contributed by atoms with Gasteiger partial charge in [0.15, 0.2) is 6.61 Å². The maximum Gasteiger partial charge on any atom is 0.276 e. The first-order chi connectivity index (χ1) is 16.2. The number of benzene rings is 3. The molecule has 0 aliphatic rings. The number of carbonyl (C=O) groups is 2. The van der Waals surface area contributed by atoms with Crippen LogP contribution in [0.4, 0.5) is 5.69 Å². The lowest BCUT2D eigenvalue weighted by Gasteiger charge is -2.11. The van der Waals surface area contributed by atoms with Gasteiger partial charge in [0.2, 0.25) is 0 Å². The summed E-state index contributed by atoms with van der Waals surface area (Å²) in [6.45, 7) is 3.53. The third-order valence-electron chi connectivity index (χ3n) is 4.63. The van der Waals surface area contributed by atoms with Gasteiger partial charge in [0.25, 0.3) is 21.8 Å². The van der Waals surface area contributed by atoms with Gasteiger partial charge >= 0.3 is 0 Å². The van der Waals surface area contributed by atoms with E-state index in [1.165, 1.54) is 31.4 Å². The highest BCUT2D eigenvalue weighted by Crippen LogP contribution is 2.20. The van der Waals surface area contributed by atoms with Crippen LogP contribution >= 0.6 is 0 Å². The normalized spacial score (nSPS) is 10.8. The van der Waals surface area contributed by atoms with E-state index in [2.05, 4.69) is 15.6 Å². The van der Waals surface area contributed by atoms with Crippen LogP contribution in [-0.2, 0) is 14.8 Å². The van der Waals surface area contributed by atoms with Gasteiger partial charge in [0.05, 0.1) is 12.0 Å². The minimum atomic E-state index is -3.94. The minimum absolute atomic E-state index is 0.0492. The van der Waals surface area contributed by atoms with E-state index in [0.717, 1.165) is 11.1 Å². The molecule has 0 heterocycles. The number of ether oxygens (including phenoxy) is 2. The predicted octanol–water partition coefficient (Wildman–Crippen LogP) is 2.95. The smallest absolute Gasteiger partial charge is 0.276 e. The fourth-order valence-electron chi connectivity index (χ4n) is 3.08. The molecule has 3 aromatic rings. The summed E-state index contributed by atoms with van der Waals surface area (Å²) in [6, 6.07) is 17.4. The molecule has 0 saturated carbocycles. The molecule has 2 amide bonds. The number of methoxy groups -OCH3 is 1. The molecular weight excluding hydrogens is 458 g/mol. The van der Waals surface area contributed by atoms with Crippen LogP contribution in [0, 0.1) is 13.8 Å². The van der Waals surface area contributed by atoms with Gasteiger partial charge in [0.1, 0.15) is 11.5 Å². The average Bonchev–Trinajstić information content (AvgIpc) is 2.81. The number of hydrazine groups is 1. The molecule has 0 radical (unpaired) electrons. The zero-order valence-electron chi connectivity index (χ0n) is 18.9. The van der Waals surface area contributed by atoms with Crippen molar-refractivity contribution in [2.75, 3.05) is 18.4 Å². The first-order valence-corrected chi connectivity index (χ1v) is 11.7. The Morgan fingerprint density at radius 3 is 2.18 bits per heavy atom. The average molecular weight is 484 g/mol. The molecule has 0 saturated heterocycles. The van der Waals surface area contributed by atoms with Crippen molar-refractivity contribution in [3.05, 3.63) is 83.4 Å². The van der Waals surface area contributed by atoms with E-state index in [9.17, 15) is 18.0 Å². The number of amides is 2. The second-order valence-corrected chi connectivity index (χ2v) is 9.16. The van der Waals surface area contributed by atoms with E-state index in [4.69, 9.17) is 9.47 Å². The molecule has 0 bridgehead atoms. The van der Waals surface area contributed by atoms with Gasteiger partial charge in [-0.3, -0.25) is 25.2 Å². The molecule has 3 aromatic carbocycles. The van der Waals surface area contributed by atoms with Gasteiger partial charge < -0.3 is 9.47 Å². The zero-order valence-corrected chi connectivity index (χ0v) is 19.7. The van der Waals surface area contributed by atoms with E-state index in [1.807, 2.05) is 19.9 Å². The monoisotopic (exact) mass is 483 g/mol. The molecule has 9 nitrogen and oxygen atoms in total. The van der Waals surface area contributed by atoms with Gasteiger partial charge in [-0.15, -0.1) is 0 Å². The highest BCUT2D eigenvalue weighted by atomic mass is 32.2. The fraction of sp³-hybridized carbons (Fsp3) is 0.167. The first-order valence-electron chi connectivity index (χ1n) is 10.2. The summed E-state index contributed by atoms with van der Waals surface area (Å²) in [5.74, 6) is -0.122. The van der Waals surface area contributed by atoms with E-state index >= 15 is 0 Å². The van der Waals surface area contributed by atoms with Crippen LogP contribution in [0.1, 0.15) is 21.5 Å². The highest BCUT2D eigenvalue weighted by molar-refractivity contribution is 7.92. The molecule has 0 aliphatic heterocycles. The molecule has 0 atom stereocenters. The number of nitrogens with one attached hydrogen (secondary N) is 3. The Morgan fingerprint density at radius 2 is 1.53 bits per heavy atom. The van der Waals surface area contributed by atoms with E-state index < -0.39 is 21.8 Å². The fourth-order valence-corrected chi connectivity index (χ4v) is 4.18. The van der Waals surface area contributed by atoms with Crippen molar-refractivity contribution in [1.29, 1.82) is 0 Å². The number of rotatable bonds is 8. The van der Waals surface area contributed by atoms with Crippen molar-refractivity contribution >= 4 is 27.5 Å². The third kappa shape index (κ3) is 6.72. The van der Waals surface area contributed by atoms with Crippen LogP contribution < -0.4 is 25.0 Å². The Kier molecular flexibility index (Phi) is 7.75. The number of hydrogen-bond acceptors (Lipinski definition) is 6. The predicted molar refractivity (Wildman–Crippen MR) is 127 cm³/mol. The molecule has 0 aromatic heterocycles. The number of hydrogen-bond donors (Lipinski definition) is 3. The van der Waals surface area contributed by atoms with Gasteiger partial charge in [-0.25, -0.2) is 8.42 Å². The summed E-state index contributed by atoms with van der Waals surface area (Å²) in [6.07, 6.45) is 0. The van der Waals surface area contributed by atoms with Crippen LogP contribution in [0.15, 0.2) is 71.6 Å². The Bertz CT molecular complexity index is 1270. The van der Waals surface area contributed by atoms with Crippen LogP contribution in [0.25, 0.3) is 0 Å². The molecular formula is C24H25N3O6S. The Balaban J connectivity index is 1.58. The summed E-state index contributed by atoms with van der Waals surface area (Å²) in [4.78, 5) is 24.3. The highest BCUT2D eigenvalue weighted by Gasteiger charge is 2.17. The number of carbonyl (C=O) groups excluding carboxylic acids is 2. The van der Waals surface area contributed by atoms with E-state index in [0.29, 0.717) is 17.2 Å². The number of aryl methyl sites for hydroxylation is 2. The Morgan fingerprint density at radius 1 is 0.853 bits per heavy atom. The van der Waals surface area contributed by atoms with Crippen LogP contribution in [0.2, 0.25) is 0 Å². The lowest BCUT2D eigenvalue weighted by Crippen LogP contribution is -2.43. The lowest BCUT2D eigenvalue weighted by molar-refractivity contribution is -0.123. The number of sulfonamides is 1. The summed E-state index contributed by atoms with van der Waals surface area (Å²) >= 11 is 0. The van der Waals surface area contributed by atoms with Gasteiger partial charge in [-0.05, 0) is 79.6 Å². The lowest BCUT2D eigenvalue weighted by atomic mass is 10.1. The molecule has 0 aliphatic carbocycles. The maximum absolute atomic E-state index is 12.7. The second-order valence-electron chi connectivity index (χ2n) is 7.48. The first kappa shape index (κ1) is 24.6. The Hall–Kier alpha value is -4.05. The van der Waals surface area contributed by atoms with Crippen LogP contribution in [0.5, 0.6) is 11.5 Å². The van der Waals surface area contributed by atoms with Gasteiger partial charge in [-0.2, -0.15) is 0 Å². The molecule has 0 spiro atoms. The third-order valence-corrected chi connectivity index (χ3v) is 6.01. The van der Waals surface area contributed by atoms with Crippen molar-refractivity contribution < 1.29 is 27.5 Å². The minimum Gasteiger partial charge on any atom is -0.497 e. The second kappa shape index (κ2) is 10.7. The summed E-state index contributed by atoms with van der Waals surface area (Å²) in [5.41, 5.74) is 6.89. The zero-order chi connectivity index (χ0) is 24.7. The summed E-state index contributed by atoms with van der Waals surface area (Å²) < 4.78 is 38.3. The van der Waals surface area contributed by atoms with Crippen molar-refractivity contribution in [1.82, 2.24) is 10.9 Å². The molecule has 3 rings (SSSR count). The SMILES string of the molecule is COc1ccc(NS(=O)(=O)c2cccc(C(=O)NNC(=O)COc3cc(C)cc(C)c3)c2)cc1. The topological polar surface area (TPSA) is 123 Å². The molecule has 178 valence electrons. The quantitative estimate of drug-likeness (QED) is 0.424. The van der Waals surface area contributed by atoms with Gasteiger partial charge in [-0.1, -0.05) is 12.1 Å². The summed E-state index contributed by atoms with van der Waals surface area (Å²) in [5, 5.41) is 0. The number of anilines is 1. The van der Waals surface area contributed by atoms with Crippen molar-refractivity contribution in [2.24, 2.45) is 0 Å². The Labute approximate surface area is 198 Å². The molecule has 0 unspecified atom stereocenters. The van der Waals surface area contributed by atoms with Crippen molar-refractivity contribution in [2.45, 2.75) is 18.7 Å².